The number of rotatable bonds is 0. The van der Waals surface area contributed by atoms with Gasteiger partial charge in [-0.15, -0.1) is 0 Å². The summed E-state index contributed by atoms with van der Waals surface area (Å²) >= 11 is 0. The van der Waals surface area contributed by atoms with E-state index in [9.17, 15) is 4.79 Å². The smallest absolute Gasteiger partial charge is 0.267 e. The van der Waals surface area contributed by atoms with Crippen LogP contribution in [0, 0.1) is 11.3 Å². The molecule has 2 aromatic heterocycles. The van der Waals surface area contributed by atoms with Gasteiger partial charge < -0.3 is 0 Å². The lowest BCUT2D eigenvalue weighted by atomic mass is 10.1. The van der Waals surface area contributed by atoms with Crippen LogP contribution in [0.2, 0.25) is 0 Å². The first kappa shape index (κ1) is 9.55. The summed E-state index contributed by atoms with van der Waals surface area (Å²) < 4.78 is 1.40. The molecular formula is C13H7N3O. The molecule has 1 aromatic carbocycles. The lowest BCUT2D eigenvalue weighted by molar-refractivity contribution is 1.04. The zero-order valence-corrected chi connectivity index (χ0v) is 8.79. The quantitative estimate of drug-likeness (QED) is 0.543. The number of aromatic nitrogens is 2. The van der Waals surface area contributed by atoms with Gasteiger partial charge in [0.05, 0.1) is 6.20 Å². The molecule has 0 fully saturated rings. The molecule has 17 heavy (non-hydrogen) atoms. The second kappa shape index (κ2) is 3.42. The Bertz CT molecular complexity index is 827. The Balaban J connectivity index is 2.59. The van der Waals surface area contributed by atoms with Crippen molar-refractivity contribution in [3.63, 3.8) is 0 Å². The third-order valence-electron chi connectivity index (χ3n) is 2.72. The summed E-state index contributed by atoms with van der Waals surface area (Å²) in [5.74, 6) is 0. The van der Waals surface area contributed by atoms with Gasteiger partial charge in [-0.25, -0.2) is 4.98 Å². The predicted molar refractivity (Wildman–Crippen MR) is 63.7 cm³/mol. The van der Waals surface area contributed by atoms with Crippen LogP contribution in [0.15, 0.2) is 47.5 Å². The summed E-state index contributed by atoms with van der Waals surface area (Å²) in [5, 5.41) is 10.7. The van der Waals surface area contributed by atoms with Gasteiger partial charge in [0.25, 0.3) is 5.56 Å². The van der Waals surface area contributed by atoms with Gasteiger partial charge in [-0.3, -0.25) is 9.20 Å². The SMILES string of the molecule is N#Cc1cnc2c3ccccc3ccn2c1=O. The first-order chi connectivity index (χ1) is 8.31. The van der Waals surface area contributed by atoms with Gasteiger partial charge in [0.15, 0.2) is 0 Å². The lowest BCUT2D eigenvalue weighted by Gasteiger charge is -2.03. The maximum absolute atomic E-state index is 11.9. The van der Waals surface area contributed by atoms with Crippen molar-refractivity contribution in [1.82, 2.24) is 9.38 Å². The summed E-state index contributed by atoms with van der Waals surface area (Å²) in [5.41, 5.74) is 0.299. The number of hydrogen-bond donors (Lipinski definition) is 0. The van der Waals surface area contributed by atoms with Crippen molar-refractivity contribution in [2.75, 3.05) is 0 Å². The fourth-order valence-corrected chi connectivity index (χ4v) is 1.88. The topological polar surface area (TPSA) is 58.2 Å². The van der Waals surface area contributed by atoms with E-state index < -0.39 is 0 Å². The van der Waals surface area contributed by atoms with Crippen molar-refractivity contribution in [1.29, 1.82) is 5.26 Å². The van der Waals surface area contributed by atoms with Crippen molar-refractivity contribution < 1.29 is 0 Å². The number of fused-ring (bicyclic) bond motifs is 3. The molecule has 2 heterocycles. The molecule has 4 nitrogen and oxygen atoms in total. The average molecular weight is 221 g/mol. The van der Waals surface area contributed by atoms with Crippen molar-refractivity contribution in [2.24, 2.45) is 0 Å². The van der Waals surface area contributed by atoms with Crippen LogP contribution in [0.5, 0.6) is 0 Å². The third-order valence-corrected chi connectivity index (χ3v) is 2.72. The summed E-state index contributed by atoms with van der Waals surface area (Å²) in [6.45, 7) is 0. The molecule has 0 aliphatic rings. The van der Waals surface area contributed by atoms with E-state index in [1.54, 1.807) is 6.20 Å². The van der Waals surface area contributed by atoms with Crippen LogP contribution >= 0.6 is 0 Å². The molecule has 3 aromatic rings. The van der Waals surface area contributed by atoms with Crippen LogP contribution in [-0.4, -0.2) is 9.38 Å². The Morgan fingerprint density at radius 1 is 1.24 bits per heavy atom. The van der Waals surface area contributed by atoms with E-state index in [1.165, 1.54) is 10.6 Å². The van der Waals surface area contributed by atoms with Crippen LogP contribution in [0.3, 0.4) is 0 Å². The van der Waals surface area contributed by atoms with Gasteiger partial charge in [-0.1, -0.05) is 24.3 Å². The van der Waals surface area contributed by atoms with Gasteiger partial charge in [0.1, 0.15) is 17.3 Å². The Hall–Kier alpha value is -2.67. The second-order valence-corrected chi connectivity index (χ2v) is 3.69. The van der Waals surface area contributed by atoms with Gasteiger partial charge in [-0.2, -0.15) is 5.26 Å². The molecule has 0 bridgehead atoms. The largest absolute Gasteiger partial charge is 0.275 e. The molecule has 0 unspecified atom stereocenters. The Labute approximate surface area is 96.4 Å². The monoisotopic (exact) mass is 221 g/mol. The average Bonchev–Trinajstić information content (AvgIpc) is 2.39. The molecule has 0 saturated carbocycles. The van der Waals surface area contributed by atoms with Gasteiger partial charge in [0.2, 0.25) is 0 Å². The molecule has 0 saturated heterocycles. The number of pyridine rings is 1. The highest BCUT2D eigenvalue weighted by molar-refractivity contribution is 5.93. The molecule has 0 radical (unpaired) electrons. The maximum atomic E-state index is 11.9. The Kier molecular flexibility index (Phi) is 1.92. The van der Waals surface area contributed by atoms with Crippen LogP contribution in [0.1, 0.15) is 5.56 Å². The number of benzene rings is 1. The van der Waals surface area contributed by atoms with Crippen LogP contribution in [0.25, 0.3) is 16.4 Å². The number of hydrogen-bond acceptors (Lipinski definition) is 3. The number of nitriles is 1. The predicted octanol–water partition coefficient (Wildman–Crippen LogP) is 1.72. The van der Waals surface area contributed by atoms with Crippen molar-refractivity contribution in [3.05, 3.63) is 58.6 Å². The van der Waals surface area contributed by atoms with Crippen LogP contribution < -0.4 is 5.56 Å². The van der Waals surface area contributed by atoms with Gasteiger partial charge in [-0.05, 0) is 11.5 Å². The summed E-state index contributed by atoms with van der Waals surface area (Å²) in [6, 6.07) is 11.4. The highest BCUT2D eigenvalue weighted by Crippen LogP contribution is 2.16. The molecule has 3 rings (SSSR count). The Morgan fingerprint density at radius 2 is 2.06 bits per heavy atom. The van der Waals surface area contributed by atoms with Gasteiger partial charge >= 0.3 is 0 Å². The highest BCUT2D eigenvalue weighted by Gasteiger charge is 2.06. The fourth-order valence-electron chi connectivity index (χ4n) is 1.88. The zero-order valence-electron chi connectivity index (χ0n) is 8.79. The van der Waals surface area contributed by atoms with E-state index >= 15 is 0 Å². The minimum Gasteiger partial charge on any atom is -0.267 e. The second-order valence-electron chi connectivity index (χ2n) is 3.69. The molecule has 0 amide bonds. The first-order valence-corrected chi connectivity index (χ1v) is 5.10. The molecule has 80 valence electrons. The normalized spacial score (nSPS) is 10.5. The minimum absolute atomic E-state index is 0.0535. The van der Waals surface area contributed by atoms with Crippen LogP contribution in [0.4, 0.5) is 0 Å². The third kappa shape index (κ3) is 1.30. The molecular weight excluding hydrogens is 214 g/mol. The van der Waals surface area contributed by atoms with E-state index in [4.69, 9.17) is 5.26 Å². The van der Waals surface area contributed by atoms with Gasteiger partial charge in [0, 0.05) is 11.6 Å². The fraction of sp³-hybridized carbons (Fsp3) is 0. The zero-order chi connectivity index (χ0) is 11.8. The standard InChI is InChI=1S/C13H7N3O/c14-7-10-8-15-12-11-4-2-1-3-9(11)5-6-16(12)13(10)17/h1-6,8H. The van der Waals surface area contributed by atoms with Crippen LogP contribution in [-0.2, 0) is 0 Å². The maximum Gasteiger partial charge on any atom is 0.275 e. The van der Waals surface area contributed by atoms with Crippen molar-refractivity contribution in [3.8, 4) is 6.07 Å². The Morgan fingerprint density at radius 3 is 2.88 bits per heavy atom. The van der Waals surface area contributed by atoms with E-state index in [0.29, 0.717) is 5.65 Å². The summed E-state index contributed by atoms with van der Waals surface area (Å²) in [7, 11) is 0. The van der Waals surface area contributed by atoms with E-state index in [1.807, 2.05) is 36.4 Å². The molecule has 0 atom stereocenters. The van der Waals surface area contributed by atoms with E-state index in [2.05, 4.69) is 4.98 Å². The minimum atomic E-state index is -0.330. The van der Waals surface area contributed by atoms with Crippen molar-refractivity contribution >= 4 is 16.4 Å². The molecule has 0 spiro atoms. The molecule has 0 aliphatic carbocycles. The number of nitrogens with zero attached hydrogens (tertiary/aromatic N) is 3. The van der Waals surface area contributed by atoms with E-state index in [0.717, 1.165) is 10.8 Å². The summed E-state index contributed by atoms with van der Waals surface area (Å²) in [4.78, 5) is 16.1. The molecule has 4 heteroatoms. The van der Waals surface area contributed by atoms with E-state index in [-0.39, 0.29) is 11.1 Å². The molecule has 0 aliphatic heterocycles. The summed E-state index contributed by atoms with van der Waals surface area (Å²) in [6.07, 6.45) is 2.97. The molecule has 0 N–H and O–H groups in total. The first-order valence-electron chi connectivity index (χ1n) is 5.10. The van der Waals surface area contributed by atoms with Crippen molar-refractivity contribution in [2.45, 2.75) is 0 Å². The highest BCUT2D eigenvalue weighted by atomic mass is 16.1. The lowest BCUT2D eigenvalue weighted by Crippen LogP contribution is -2.17.